The molecule has 0 N–H and O–H groups in total. The molecule has 26 heavy (non-hydrogen) atoms. The van der Waals surface area contributed by atoms with Gasteiger partial charge in [-0.25, -0.2) is 9.37 Å². The van der Waals surface area contributed by atoms with Crippen molar-refractivity contribution in [2.24, 2.45) is 0 Å². The van der Waals surface area contributed by atoms with Crippen LogP contribution in [0.25, 0.3) is 27.4 Å². The molecule has 4 aromatic rings. The molecule has 5 heteroatoms. The van der Waals surface area contributed by atoms with E-state index in [9.17, 15) is 9.18 Å². The zero-order valence-corrected chi connectivity index (χ0v) is 14.6. The highest BCUT2D eigenvalue weighted by Gasteiger charge is 2.12. The van der Waals surface area contributed by atoms with Crippen molar-refractivity contribution in [3.8, 4) is 11.1 Å². The summed E-state index contributed by atoms with van der Waals surface area (Å²) in [4.78, 5) is 18.0. The Bertz CT molecular complexity index is 1130. The Morgan fingerprint density at radius 3 is 2.62 bits per heavy atom. The van der Waals surface area contributed by atoms with Gasteiger partial charge in [0.15, 0.2) is 0 Å². The fourth-order valence-corrected chi connectivity index (χ4v) is 3.71. The number of fused-ring (bicyclic) bond motifs is 1. The van der Waals surface area contributed by atoms with Crippen molar-refractivity contribution in [2.45, 2.75) is 6.54 Å². The number of benzene rings is 2. The summed E-state index contributed by atoms with van der Waals surface area (Å²) in [5.41, 5.74) is 2.60. The highest BCUT2D eigenvalue weighted by Crippen LogP contribution is 2.30. The summed E-state index contributed by atoms with van der Waals surface area (Å²) in [5.74, 6) is -0.296. The van der Waals surface area contributed by atoms with E-state index in [1.807, 2.05) is 47.9 Å². The van der Waals surface area contributed by atoms with E-state index < -0.39 is 0 Å². The van der Waals surface area contributed by atoms with Crippen LogP contribution < -0.4 is 5.56 Å². The Morgan fingerprint density at radius 2 is 1.85 bits per heavy atom. The number of allylic oxidation sites excluding steroid dienone is 1. The van der Waals surface area contributed by atoms with Gasteiger partial charge in [0.1, 0.15) is 10.6 Å². The summed E-state index contributed by atoms with van der Waals surface area (Å²) in [7, 11) is 0. The minimum Gasteiger partial charge on any atom is -0.295 e. The first kappa shape index (κ1) is 16.4. The van der Waals surface area contributed by atoms with Crippen LogP contribution in [0.1, 0.15) is 5.56 Å². The lowest BCUT2D eigenvalue weighted by Crippen LogP contribution is -2.19. The summed E-state index contributed by atoms with van der Waals surface area (Å²) >= 11 is 1.42. The molecule has 0 aliphatic rings. The van der Waals surface area contributed by atoms with Gasteiger partial charge in [-0.3, -0.25) is 9.36 Å². The third-order valence-electron chi connectivity index (χ3n) is 4.13. The molecular formula is C21H15FN2OS. The van der Waals surface area contributed by atoms with Gasteiger partial charge in [0.05, 0.1) is 11.7 Å². The molecule has 0 aliphatic carbocycles. The molecule has 2 aromatic carbocycles. The lowest BCUT2D eigenvalue weighted by Gasteiger charge is -2.04. The second-order valence-corrected chi connectivity index (χ2v) is 6.71. The molecule has 4 rings (SSSR count). The second kappa shape index (κ2) is 7.06. The molecule has 0 fully saturated rings. The Labute approximate surface area is 153 Å². The number of thiophene rings is 1. The fraction of sp³-hybridized carbons (Fsp3) is 0.0476. The van der Waals surface area contributed by atoms with Crippen LogP contribution in [-0.2, 0) is 6.54 Å². The van der Waals surface area contributed by atoms with E-state index >= 15 is 0 Å². The molecule has 0 saturated carbocycles. The molecule has 128 valence electrons. The number of halogens is 1. The molecule has 2 aromatic heterocycles. The van der Waals surface area contributed by atoms with E-state index in [4.69, 9.17) is 0 Å². The standard InChI is InChI=1S/C21H15FN2OS/c22-17-10-8-16(9-11-17)18-13-26-20-19(18)21(25)24(14-23-20)12-4-7-15-5-2-1-3-6-15/h1-11,13-14H,12H2/b7-4+. The highest BCUT2D eigenvalue weighted by molar-refractivity contribution is 7.17. The number of nitrogens with zero attached hydrogens (tertiary/aromatic N) is 2. The van der Waals surface area contributed by atoms with E-state index in [0.717, 1.165) is 16.7 Å². The predicted molar refractivity (Wildman–Crippen MR) is 105 cm³/mol. The van der Waals surface area contributed by atoms with Crippen LogP contribution in [-0.4, -0.2) is 9.55 Å². The van der Waals surface area contributed by atoms with Gasteiger partial charge in [-0.05, 0) is 23.3 Å². The maximum absolute atomic E-state index is 13.2. The van der Waals surface area contributed by atoms with E-state index in [-0.39, 0.29) is 11.4 Å². The number of rotatable bonds is 4. The van der Waals surface area contributed by atoms with Crippen molar-refractivity contribution >= 4 is 27.6 Å². The predicted octanol–water partition coefficient (Wildman–Crippen LogP) is 4.98. The third kappa shape index (κ3) is 3.21. The molecule has 0 unspecified atom stereocenters. The summed E-state index contributed by atoms with van der Waals surface area (Å²) in [6.45, 7) is 0.440. The van der Waals surface area contributed by atoms with E-state index in [1.165, 1.54) is 23.5 Å². The fourth-order valence-electron chi connectivity index (χ4n) is 2.81. The first-order chi connectivity index (χ1) is 12.7. The highest BCUT2D eigenvalue weighted by atomic mass is 32.1. The molecule has 2 heterocycles. The first-order valence-corrected chi connectivity index (χ1v) is 9.04. The zero-order valence-electron chi connectivity index (χ0n) is 13.8. The minimum absolute atomic E-state index is 0.0895. The molecule has 0 aliphatic heterocycles. The molecule has 0 radical (unpaired) electrons. The monoisotopic (exact) mass is 362 g/mol. The summed E-state index contributed by atoms with van der Waals surface area (Å²) in [6.07, 6.45) is 5.49. The topological polar surface area (TPSA) is 34.9 Å². The summed E-state index contributed by atoms with van der Waals surface area (Å²) in [6, 6.07) is 16.1. The number of aromatic nitrogens is 2. The van der Waals surface area contributed by atoms with Crippen molar-refractivity contribution < 1.29 is 4.39 Å². The van der Waals surface area contributed by atoms with Crippen LogP contribution in [0.4, 0.5) is 4.39 Å². The lowest BCUT2D eigenvalue weighted by molar-refractivity contribution is 0.628. The number of hydrogen-bond donors (Lipinski definition) is 0. The molecular weight excluding hydrogens is 347 g/mol. The average Bonchev–Trinajstić information content (AvgIpc) is 3.10. The van der Waals surface area contributed by atoms with Gasteiger partial charge in [0.2, 0.25) is 0 Å². The van der Waals surface area contributed by atoms with Crippen molar-refractivity contribution in [1.82, 2.24) is 9.55 Å². The number of hydrogen-bond acceptors (Lipinski definition) is 3. The Hall–Kier alpha value is -3.05. The molecule has 0 spiro atoms. The zero-order chi connectivity index (χ0) is 17.9. The molecule has 0 amide bonds. The SMILES string of the molecule is O=c1c2c(-c3ccc(F)cc3)csc2ncn1C/C=C/c1ccccc1. The quantitative estimate of drug-likeness (QED) is 0.513. The van der Waals surface area contributed by atoms with Crippen LogP contribution in [0.15, 0.2) is 77.2 Å². The van der Waals surface area contributed by atoms with Gasteiger partial charge in [0, 0.05) is 17.5 Å². The van der Waals surface area contributed by atoms with Crippen molar-refractivity contribution in [1.29, 1.82) is 0 Å². The summed E-state index contributed by atoms with van der Waals surface area (Å²) < 4.78 is 14.8. The largest absolute Gasteiger partial charge is 0.295 e. The smallest absolute Gasteiger partial charge is 0.262 e. The third-order valence-corrected chi connectivity index (χ3v) is 5.01. The van der Waals surface area contributed by atoms with Gasteiger partial charge in [-0.2, -0.15) is 0 Å². The average molecular weight is 362 g/mol. The minimum atomic E-state index is -0.296. The van der Waals surface area contributed by atoms with Gasteiger partial charge in [-0.1, -0.05) is 54.6 Å². The second-order valence-electron chi connectivity index (χ2n) is 5.85. The lowest BCUT2D eigenvalue weighted by atomic mass is 10.1. The first-order valence-electron chi connectivity index (χ1n) is 8.16. The molecule has 0 bridgehead atoms. The van der Waals surface area contributed by atoms with E-state index in [0.29, 0.717) is 16.8 Å². The molecule has 0 atom stereocenters. The van der Waals surface area contributed by atoms with Crippen LogP contribution in [0.3, 0.4) is 0 Å². The van der Waals surface area contributed by atoms with Crippen LogP contribution in [0.2, 0.25) is 0 Å². The van der Waals surface area contributed by atoms with Gasteiger partial charge in [-0.15, -0.1) is 11.3 Å². The Balaban J connectivity index is 1.70. The van der Waals surface area contributed by atoms with Crippen molar-refractivity contribution in [2.75, 3.05) is 0 Å². The summed E-state index contributed by atoms with van der Waals surface area (Å²) in [5, 5.41) is 2.48. The van der Waals surface area contributed by atoms with Crippen LogP contribution in [0.5, 0.6) is 0 Å². The van der Waals surface area contributed by atoms with Crippen molar-refractivity contribution in [3.63, 3.8) is 0 Å². The Kier molecular flexibility index (Phi) is 4.46. The van der Waals surface area contributed by atoms with Crippen LogP contribution >= 0.6 is 11.3 Å². The maximum Gasteiger partial charge on any atom is 0.262 e. The van der Waals surface area contributed by atoms with E-state index in [1.54, 1.807) is 23.0 Å². The van der Waals surface area contributed by atoms with Crippen molar-refractivity contribution in [3.05, 3.63) is 94.1 Å². The molecule has 0 saturated heterocycles. The normalized spacial score (nSPS) is 11.4. The van der Waals surface area contributed by atoms with Gasteiger partial charge >= 0.3 is 0 Å². The van der Waals surface area contributed by atoms with Gasteiger partial charge in [0.25, 0.3) is 5.56 Å². The molecule has 3 nitrogen and oxygen atoms in total. The van der Waals surface area contributed by atoms with E-state index in [2.05, 4.69) is 4.98 Å². The van der Waals surface area contributed by atoms with Gasteiger partial charge < -0.3 is 0 Å². The maximum atomic E-state index is 13.2. The van der Waals surface area contributed by atoms with Crippen LogP contribution in [0, 0.1) is 5.82 Å². The Morgan fingerprint density at radius 1 is 1.08 bits per heavy atom.